The molecule has 1 fully saturated rings. The van der Waals surface area contributed by atoms with Crippen LogP contribution in [0.3, 0.4) is 0 Å². The number of pyridine rings is 1. The summed E-state index contributed by atoms with van der Waals surface area (Å²) in [6.07, 6.45) is 11.8. The Labute approximate surface area is 170 Å². The van der Waals surface area contributed by atoms with Crippen molar-refractivity contribution < 1.29 is 4.79 Å². The molecule has 2 aliphatic carbocycles. The quantitative estimate of drug-likeness (QED) is 0.716. The molecule has 7 heteroatoms. The number of hydrogen-bond acceptors (Lipinski definition) is 5. The Hall–Kier alpha value is -2.96. The second-order valence-electron chi connectivity index (χ2n) is 8.18. The number of carbonyl (C=O) groups is 1. The molecule has 4 aliphatic rings. The van der Waals surface area contributed by atoms with Crippen molar-refractivity contribution in [2.75, 3.05) is 5.73 Å². The monoisotopic (exact) mass is 390 g/mol. The number of nitrogen functional groups attached to an aromatic ring is 1. The molecule has 7 nitrogen and oxygen atoms in total. The van der Waals surface area contributed by atoms with E-state index >= 15 is 0 Å². The van der Waals surface area contributed by atoms with Crippen LogP contribution in [0.5, 0.6) is 0 Å². The van der Waals surface area contributed by atoms with Gasteiger partial charge in [-0.25, -0.2) is 15.0 Å². The molecular weight excluding hydrogens is 364 g/mol. The molecule has 150 valence electrons. The van der Waals surface area contributed by atoms with Gasteiger partial charge in [0.05, 0.1) is 0 Å². The van der Waals surface area contributed by atoms with Gasteiger partial charge >= 0.3 is 0 Å². The van der Waals surface area contributed by atoms with Crippen LogP contribution in [0.25, 0.3) is 11.4 Å². The Morgan fingerprint density at radius 2 is 1.93 bits per heavy atom. The van der Waals surface area contributed by atoms with E-state index in [1.54, 1.807) is 0 Å². The number of carbonyl (C=O) groups excluding carboxylic acids is 1. The van der Waals surface area contributed by atoms with Crippen molar-refractivity contribution in [3.8, 4) is 11.4 Å². The molecule has 3 N–H and O–H groups in total. The molecule has 3 heterocycles. The van der Waals surface area contributed by atoms with Gasteiger partial charge in [-0.05, 0) is 69.6 Å². The van der Waals surface area contributed by atoms with Crippen molar-refractivity contribution in [1.82, 2.24) is 24.8 Å². The first-order valence-corrected chi connectivity index (χ1v) is 10.6. The summed E-state index contributed by atoms with van der Waals surface area (Å²) in [4.78, 5) is 26.1. The summed E-state index contributed by atoms with van der Waals surface area (Å²) < 4.78 is 2.29. The fraction of sp³-hybridized carbons (Fsp3) is 0.455. The van der Waals surface area contributed by atoms with Crippen LogP contribution in [0.1, 0.15) is 66.3 Å². The van der Waals surface area contributed by atoms with Crippen LogP contribution in [-0.2, 0) is 12.8 Å². The lowest BCUT2D eigenvalue weighted by atomic mass is 9.90. The topological polar surface area (TPSA) is 98.7 Å². The van der Waals surface area contributed by atoms with Gasteiger partial charge in [0.25, 0.3) is 5.91 Å². The minimum atomic E-state index is -0.104. The SMILES string of the molecule is Nc1nc2c(c(C(=O)NC3CCC(n4cccc5ccnc4-5)CC3)n1)CCCC2. The zero-order valence-corrected chi connectivity index (χ0v) is 16.5. The second kappa shape index (κ2) is 7.46. The lowest BCUT2D eigenvalue weighted by Gasteiger charge is -2.32. The molecule has 1 aromatic heterocycles. The minimum absolute atomic E-state index is 0.104. The number of aromatic nitrogens is 4. The lowest BCUT2D eigenvalue weighted by Crippen LogP contribution is -2.39. The molecule has 0 unspecified atom stereocenters. The highest BCUT2D eigenvalue weighted by molar-refractivity contribution is 5.94. The molecule has 29 heavy (non-hydrogen) atoms. The molecule has 0 radical (unpaired) electrons. The van der Waals surface area contributed by atoms with Crippen LogP contribution in [0.2, 0.25) is 0 Å². The Morgan fingerprint density at radius 3 is 2.79 bits per heavy atom. The van der Waals surface area contributed by atoms with Gasteiger partial charge in [-0.3, -0.25) is 4.79 Å². The highest BCUT2D eigenvalue weighted by Gasteiger charge is 2.27. The molecule has 1 saturated carbocycles. The van der Waals surface area contributed by atoms with E-state index in [1.165, 1.54) is 5.56 Å². The van der Waals surface area contributed by atoms with Gasteiger partial charge in [-0.2, -0.15) is 0 Å². The summed E-state index contributed by atoms with van der Waals surface area (Å²) in [5, 5.41) is 3.21. The van der Waals surface area contributed by atoms with Crippen molar-refractivity contribution in [3.05, 3.63) is 47.5 Å². The van der Waals surface area contributed by atoms with Crippen molar-refractivity contribution in [2.45, 2.75) is 63.5 Å². The Balaban J connectivity index is 1.26. The molecule has 0 spiro atoms. The summed E-state index contributed by atoms with van der Waals surface area (Å²) in [6, 6.07) is 6.82. The second-order valence-corrected chi connectivity index (χ2v) is 8.18. The van der Waals surface area contributed by atoms with E-state index in [0.717, 1.165) is 68.4 Å². The van der Waals surface area contributed by atoms with Crippen LogP contribution < -0.4 is 11.1 Å². The lowest BCUT2D eigenvalue weighted by molar-refractivity contribution is 0.0916. The number of nitrogens with one attached hydrogen (secondary N) is 1. The molecule has 2 aliphatic heterocycles. The maximum absolute atomic E-state index is 13.0. The van der Waals surface area contributed by atoms with Gasteiger partial charge in [-0.15, -0.1) is 0 Å². The van der Waals surface area contributed by atoms with E-state index in [1.807, 2.05) is 12.3 Å². The summed E-state index contributed by atoms with van der Waals surface area (Å²) >= 11 is 0. The predicted molar refractivity (Wildman–Crippen MR) is 111 cm³/mol. The first-order chi connectivity index (χ1) is 14.2. The van der Waals surface area contributed by atoms with E-state index in [2.05, 4.69) is 43.2 Å². The number of nitrogens with zero attached hydrogens (tertiary/aromatic N) is 4. The van der Waals surface area contributed by atoms with Crippen LogP contribution in [0.4, 0.5) is 5.95 Å². The van der Waals surface area contributed by atoms with Gasteiger partial charge in [0, 0.05) is 41.3 Å². The molecule has 1 aromatic rings. The third-order valence-corrected chi connectivity index (χ3v) is 6.32. The maximum atomic E-state index is 13.0. The number of hydrogen-bond donors (Lipinski definition) is 2. The fourth-order valence-corrected chi connectivity index (χ4v) is 4.84. The third-order valence-electron chi connectivity index (χ3n) is 6.32. The molecule has 0 atom stereocenters. The summed E-state index contributed by atoms with van der Waals surface area (Å²) in [5.41, 5.74) is 9.45. The first-order valence-electron chi connectivity index (χ1n) is 10.6. The molecule has 5 rings (SSSR count). The maximum Gasteiger partial charge on any atom is 0.270 e. The predicted octanol–water partition coefficient (Wildman–Crippen LogP) is 3.15. The number of nitrogens with two attached hydrogens (primary N) is 1. The van der Waals surface area contributed by atoms with Crippen molar-refractivity contribution >= 4 is 11.9 Å². The van der Waals surface area contributed by atoms with E-state index in [9.17, 15) is 4.79 Å². The van der Waals surface area contributed by atoms with Gasteiger partial charge < -0.3 is 15.6 Å². The average molecular weight is 390 g/mol. The molecule has 0 bridgehead atoms. The smallest absolute Gasteiger partial charge is 0.270 e. The zero-order valence-electron chi connectivity index (χ0n) is 16.5. The van der Waals surface area contributed by atoms with E-state index in [0.29, 0.717) is 11.7 Å². The fourth-order valence-electron chi connectivity index (χ4n) is 4.84. The highest BCUT2D eigenvalue weighted by atomic mass is 16.2. The molecule has 1 amide bonds. The molecule has 0 aromatic carbocycles. The Morgan fingerprint density at radius 1 is 1.10 bits per heavy atom. The van der Waals surface area contributed by atoms with Crippen LogP contribution in [-0.4, -0.2) is 31.5 Å². The van der Waals surface area contributed by atoms with Gasteiger partial charge in [0.1, 0.15) is 11.5 Å². The Bertz CT molecular complexity index is 1000. The normalized spacial score (nSPS) is 21.7. The third kappa shape index (κ3) is 3.45. The van der Waals surface area contributed by atoms with Crippen molar-refractivity contribution in [1.29, 1.82) is 0 Å². The van der Waals surface area contributed by atoms with E-state index in [4.69, 9.17) is 5.73 Å². The number of fused-ring (bicyclic) bond motifs is 2. The van der Waals surface area contributed by atoms with Crippen LogP contribution in [0, 0.1) is 0 Å². The molecular formula is C22H26N6O. The van der Waals surface area contributed by atoms with Gasteiger partial charge in [0.2, 0.25) is 5.95 Å². The van der Waals surface area contributed by atoms with Crippen LogP contribution >= 0.6 is 0 Å². The highest BCUT2D eigenvalue weighted by Crippen LogP contribution is 2.33. The van der Waals surface area contributed by atoms with E-state index < -0.39 is 0 Å². The van der Waals surface area contributed by atoms with Gasteiger partial charge in [0.15, 0.2) is 0 Å². The number of anilines is 1. The standard InChI is InChI=1S/C22H26N6O/c23-22-26-18-6-2-1-5-17(18)19(27-22)21(29)25-15-7-9-16(10-8-15)28-13-3-4-14-11-12-24-20(14)28/h3-4,11-13,15-16H,1-2,5-10H2,(H,25,29)(H2,23,26,27). The van der Waals surface area contributed by atoms with Gasteiger partial charge in [-0.1, -0.05) is 0 Å². The first kappa shape index (κ1) is 18.1. The van der Waals surface area contributed by atoms with Crippen LogP contribution in [0.15, 0.2) is 30.6 Å². The summed E-state index contributed by atoms with van der Waals surface area (Å²) in [7, 11) is 0. The van der Waals surface area contributed by atoms with Crippen molar-refractivity contribution in [3.63, 3.8) is 0 Å². The average Bonchev–Trinajstić information content (AvgIpc) is 3.22. The van der Waals surface area contributed by atoms with Crippen molar-refractivity contribution in [2.24, 2.45) is 0 Å². The number of amides is 1. The largest absolute Gasteiger partial charge is 0.368 e. The minimum Gasteiger partial charge on any atom is -0.368 e. The number of rotatable bonds is 3. The Kier molecular flexibility index (Phi) is 4.66. The number of aryl methyl sites for hydroxylation is 1. The zero-order chi connectivity index (χ0) is 19.8. The summed E-state index contributed by atoms with van der Waals surface area (Å²) in [6.45, 7) is 0. The van der Waals surface area contributed by atoms with E-state index in [-0.39, 0.29) is 17.9 Å². The summed E-state index contributed by atoms with van der Waals surface area (Å²) in [5.74, 6) is 1.14. The molecule has 0 saturated heterocycles.